The van der Waals surface area contributed by atoms with Crippen LogP contribution in [0.15, 0.2) is 18.2 Å². The van der Waals surface area contributed by atoms with E-state index in [-0.39, 0.29) is 29.9 Å². The summed E-state index contributed by atoms with van der Waals surface area (Å²) in [7, 11) is 0. The highest BCUT2D eigenvalue weighted by Crippen LogP contribution is 2.29. The van der Waals surface area contributed by atoms with Crippen LogP contribution in [0.1, 0.15) is 36.0 Å². The largest absolute Gasteiger partial charge is 0.504 e. The van der Waals surface area contributed by atoms with Crippen LogP contribution in [0.2, 0.25) is 0 Å². The van der Waals surface area contributed by atoms with Crippen molar-refractivity contribution < 1.29 is 20.1 Å². The Morgan fingerprint density at radius 3 is 2.50 bits per heavy atom. The third kappa shape index (κ3) is 3.42. The molecule has 1 fully saturated rings. The maximum absolute atomic E-state index is 12.0. The van der Waals surface area contributed by atoms with Crippen LogP contribution < -0.4 is 5.32 Å². The smallest absolute Gasteiger partial charge is 0.251 e. The summed E-state index contributed by atoms with van der Waals surface area (Å²) < 4.78 is 0. The van der Waals surface area contributed by atoms with Crippen LogP contribution in [0.5, 0.6) is 11.5 Å². The molecule has 0 radical (unpaired) electrons. The summed E-state index contributed by atoms with van der Waals surface area (Å²) in [5.41, 5.74) is 0.316. The number of benzene rings is 1. The first-order valence-corrected chi connectivity index (χ1v) is 7.03. The van der Waals surface area contributed by atoms with Gasteiger partial charge in [0.05, 0.1) is 0 Å². The Morgan fingerprint density at radius 2 is 1.85 bits per heavy atom. The van der Waals surface area contributed by atoms with Gasteiger partial charge in [-0.2, -0.15) is 0 Å². The van der Waals surface area contributed by atoms with E-state index in [1.165, 1.54) is 18.2 Å². The molecule has 5 nitrogen and oxygen atoms in total. The van der Waals surface area contributed by atoms with Gasteiger partial charge in [-0.25, -0.2) is 0 Å². The summed E-state index contributed by atoms with van der Waals surface area (Å²) in [4.78, 5) is 12.0. The van der Waals surface area contributed by atoms with Crippen molar-refractivity contribution in [1.82, 2.24) is 5.32 Å². The average Bonchev–Trinajstić information content (AvgIpc) is 2.47. The van der Waals surface area contributed by atoms with Crippen molar-refractivity contribution in [2.75, 3.05) is 13.2 Å². The summed E-state index contributed by atoms with van der Waals surface area (Å²) in [6.07, 6.45) is 4.31. The topological polar surface area (TPSA) is 89.8 Å². The van der Waals surface area contributed by atoms with Gasteiger partial charge in [0, 0.05) is 18.7 Å². The van der Waals surface area contributed by atoms with E-state index in [0.29, 0.717) is 18.0 Å². The zero-order chi connectivity index (χ0) is 14.5. The highest BCUT2D eigenvalue weighted by atomic mass is 16.3. The third-order valence-corrected chi connectivity index (χ3v) is 4.06. The van der Waals surface area contributed by atoms with Gasteiger partial charge in [-0.05, 0) is 42.9 Å². The molecule has 0 heterocycles. The second-order valence-corrected chi connectivity index (χ2v) is 5.40. The van der Waals surface area contributed by atoms with Crippen molar-refractivity contribution in [3.8, 4) is 11.5 Å². The number of carbonyl (C=O) groups is 1. The van der Waals surface area contributed by atoms with Gasteiger partial charge < -0.3 is 20.6 Å². The van der Waals surface area contributed by atoms with Gasteiger partial charge >= 0.3 is 0 Å². The molecular formula is C15H21NO4. The second kappa shape index (κ2) is 6.61. The lowest BCUT2D eigenvalue weighted by Gasteiger charge is -2.30. The molecule has 0 aliphatic heterocycles. The van der Waals surface area contributed by atoms with Crippen molar-refractivity contribution in [2.45, 2.75) is 25.7 Å². The first-order valence-electron chi connectivity index (χ1n) is 7.03. The standard InChI is InChI=1S/C15H21NO4/c17-9-12-4-2-1-3-11(12)8-16-15(20)10-5-6-13(18)14(19)7-10/h5-7,11-12,17-19H,1-4,8-9H2,(H,16,20). The summed E-state index contributed by atoms with van der Waals surface area (Å²) in [6, 6.07) is 4.01. The maximum Gasteiger partial charge on any atom is 0.251 e. The molecule has 4 N–H and O–H groups in total. The van der Waals surface area contributed by atoms with E-state index in [2.05, 4.69) is 5.32 Å². The van der Waals surface area contributed by atoms with Crippen LogP contribution in [0.25, 0.3) is 0 Å². The first kappa shape index (κ1) is 14.7. The van der Waals surface area contributed by atoms with Crippen LogP contribution in [0, 0.1) is 11.8 Å². The number of aromatic hydroxyl groups is 2. The fourth-order valence-corrected chi connectivity index (χ4v) is 2.78. The van der Waals surface area contributed by atoms with Gasteiger partial charge in [-0.3, -0.25) is 4.79 Å². The van der Waals surface area contributed by atoms with Crippen LogP contribution in [0.4, 0.5) is 0 Å². The minimum atomic E-state index is -0.302. The number of nitrogens with one attached hydrogen (secondary N) is 1. The summed E-state index contributed by atoms with van der Waals surface area (Å²) in [5, 5.41) is 30.8. The molecule has 2 rings (SSSR count). The zero-order valence-corrected chi connectivity index (χ0v) is 11.4. The minimum absolute atomic E-state index is 0.167. The molecule has 1 aliphatic rings. The number of rotatable bonds is 4. The zero-order valence-electron chi connectivity index (χ0n) is 11.4. The molecule has 0 spiro atoms. The van der Waals surface area contributed by atoms with Crippen molar-refractivity contribution in [3.63, 3.8) is 0 Å². The predicted octanol–water partition coefficient (Wildman–Crippen LogP) is 1.63. The highest BCUT2D eigenvalue weighted by Gasteiger charge is 2.24. The maximum atomic E-state index is 12.0. The van der Waals surface area contributed by atoms with Crippen molar-refractivity contribution in [2.24, 2.45) is 11.8 Å². The number of aliphatic hydroxyl groups excluding tert-OH is 1. The highest BCUT2D eigenvalue weighted by molar-refractivity contribution is 5.94. The molecule has 5 heteroatoms. The Bertz CT molecular complexity index is 475. The van der Waals surface area contributed by atoms with Gasteiger partial charge in [-0.15, -0.1) is 0 Å². The number of hydrogen-bond donors (Lipinski definition) is 4. The lowest BCUT2D eigenvalue weighted by molar-refractivity contribution is 0.0909. The Balaban J connectivity index is 1.92. The molecule has 1 amide bonds. The third-order valence-electron chi connectivity index (χ3n) is 4.06. The molecule has 2 unspecified atom stereocenters. The fourth-order valence-electron chi connectivity index (χ4n) is 2.78. The van der Waals surface area contributed by atoms with Gasteiger partial charge in [0.15, 0.2) is 11.5 Å². The SMILES string of the molecule is O=C(NCC1CCCCC1CO)c1ccc(O)c(O)c1. The first-order chi connectivity index (χ1) is 9.61. The van der Waals surface area contributed by atoms with E-state index < -0.39 is 0 Å². The Kier molecular flexibility index (Phi) is 4.84. The molecule has 20 heavy (non-hydrogen) atoms. The Hall–Kier alpha value is -1.75. The summed E-state index contributed by atoms with van der Waals surface area (Å²) in [5.74, 6) is -0.249. The lowest BCUT2D eigenvalue weighted by Crippen LogP contribution is -2.35. The molecule has 1 aromatic rings. The van der Waals surface area contributed by atoms with Crippen molar-refractivity contribution in [3.05, 3.63) is 23.8 Å². The van der Waals surface area contributed by atoms with E-state index in [1.807, 2.05) is 0 Å². The normalized spacial score (nSPS) is 22.4. The molecule has 1 aliphatic carbocycles. The van der Waals surface area contributed by atoms with Gasteiger partial charge in [0.2, 0.25) is 0 Å². The number of phenolic OH excluding ortho intramolecular Hbond substituents is 2. The fraction of sp³-hybridized carbons (Fsp3) is 0.533. The second-order valence-electron chi connectivity index (χ2n) is 5.40. The van der Waals surface area contributed by atoms with Crippen LogP contribution in [0.3, 0.4) is 0 Å². The number of amides is 1. The van der Waals surface area contributed by atoms with E-state index in [4.69, 9.17) is 0 Å². The number of aliphatic hydroxyl groups is 1. The quantitative estimate of drug-likeness (QED) is 0.631. The molecule has 1 aromatic carbocycles. The summed E-state index contributed by atoms with van der Waals surface area (Å²) in [6.45, 7) is 0.701. The molecule has 1 saturated carbocycles. The molecular weight excluding hydrogens is 258 g/mol. The van der Waals surface area contributed by atoms with Crippen LogP contribution >= 0.6 is 0 Å². The van der Waals surface area contributed by atoms with Gasteiger partial charge in [0.25, 0.3) is 5.91 Å². The van der Waals surface area contributed by atoms with Gasteiger partial charge in [-0.1, -0.05) is 12.8 Å². The van der Waals surface area contributed by atoms with E-state index >= 15 is 0 Å². The Labute approximate surface area is 118 Å². The average molecular weight is 279 g/mol. The summed E-state index contributed by atoms with van der Waals surface area (Å²) >= 11 is 0. The predicted molar refractivity (Wildman–Crippen MR) is 74.6 cm³/mol. The van der Waals surface area contributed by atoms with Gasteiger partial charge in [0.1, 0.15) is 0 Å². The molecule has 110 valence electrons. The number of hydrogen-bond acceptors (Lipinski definition) is 4. The van der Waals surface area contributed by atoms with Crippen LogP contribution in [-0.4, -0.2) is 34.4 Å². The molecule has 2 atom stereocenters. The van der Waals surface area contributed by atoms with Crippen LogP contribution in [-0.2, 0) is 0 Å². The molecule has 0 aromatic heterocycles. The molecule has 0 saturated heterocycles. The minimum Gasteiger partial charge on any atom is -0.504 e. The van der Waals surface area contributed by atoms with Crippen molar-refractivity contribution >= 4 is 5.91 Å². The van der Waals surface area contributed by atoms with Crippen molar-refractivity contribution in [1.29, 1.82) is 0 Å². The van der Waals surface area contributed by atoms with E-state index in [0.717, 1.165) is 25.7 Å². The van der Waals surface area contributed by atoms with E-state index in [9.17, 15) is 20.1 Å². The van der Waals surface area contributed by atoms with E-state index in [1.54, 1.807) is 0 Å². The number of phenols is 2. The lowest BCUT2D eigenvalue weighted by atomic mass is 9.79. The monoisotopic (exact) mass is 279 g/mol. The number of carbonyl (C=O) groups excluding carboxylic acids is 1. The molecule has 0 bridgehead atoms. The Morgan fingerprint density at radius 1 is 1.15 bits per heavy atom.